The third-order valence-electron chi connectivity index (χ3n) is 3.04. The van der Waals surface area contributed by atoms with E-state index in [1.165, 1.54) is 0 Å². The number of aromatic nitrogens is 2. The molecular formula is C14H17ClN4O. The molecule has 1 aromatic carbocycles. The van der Waals surface area contributed by atoms with Crippen molar-refractivity contribution in [3.05, 3.63) is 46.2 Å². The highest BCUT2D eigenvalue weighted by molar-refractivity contribution is 6.33. The first-order valence-electron chi connectivity index (χ1n) is 6.26. The van der Waals surface area contributed by atoms with Gasteiger partial charge in [-0.3, -0.25) is 9.48 Å². The molecule has 2 rings (SSSR count). The van der Waals surface area contributed by atoms with Crippen molar-refractivity contribution in [3.8, 4) is 0 Å². The maximum absolute atomic E-state index is 11.6. The van der Waals surface area contributed by atoms with Gasteiger partial charge in [-0.2, -0.15) is 5.10 Å². The van der Waals surface area contributed by atoms with Crippen LogP contribution in [-0.2, 0) is 13.6 Å². The summed E-state index contributed by atoms with van der Waals surface area (Å²) in [6, 6.07) is 5.15. The summed E-state index contributed by atoms with van der Waals surface area (Å²) < 4.78 is 1.77. The van der Waals surface area contributed by atoms with Crippen molar-refractivity contribution < 1.29 is 4.79 Å². The van der Waals surface area contributed by atoms with Crippen LogP contribution in [0.25, 0.3) is 0 Å². The second-order valence-corrected chi connectivity index (χ2v) is 4.95. The van der Waals surface area contributed by atoms with Gasteiger partial charge < -0.3 is 10.6 Å². The lowest BCUT2D eigenvalue weighted by Gasteiger charge is -2.09. The van der Waals surface area contributed by atoms with E-state index in [4.69, 9.17) is 11.6 Å². The minimum atomic E-state index is -0.137. The van der Waals surface area contributed by atoms with E-state index in [1.807, 2.05) is 20.2 Å². The Bertz CT molecular complexity index is 636. The Kier molecular flexibility index (Phi) is 4.29. The summed E-state index contributed by atoms with van der Waals surface area (Å²) in [5.74, 6) is -0.137. The van der Waals surface area contributed by atoms with Crippen LogP contribution in [0.2, 0.25) is 5.02 Å². The Labute approximate surface area is 122 Å². The third-order valence-corrected chi connectivity index (χ3v) is 3.37. The average molecular weight is 293 g/mol. The van der Waals surface area contributed by atoms with Gasteiger partial charge >= 0.3 is 0 Å². The van der Waals surface area contributed by atoms with Gasteiger partial charge in [-0.05, 0) is 25.1 Å². The highest BCUT2D eigenvalue weighted by Gasteiger charge is 2.08. The minimum absolute atomic E-state index is 0.137. The molecule has 0 fully saturated rings. The standard InChI is InChI=1S/C14H17ClN4O/c1-9-11(8-19(3)18-9)7-17-13-6-10(14(20)16-2)4-5-12(13)15/h4-6,8,17H,7H2,1-3H3,(H,16,20). The molecule has 0 atom stereocenters. The first-order valence-corrected chi connectivity index (χ1v) is 6.63. The molecule has 0 spiro atoms. The Hall–Kier alpha value is -2.01. The van der Waals surface area contributed by atoms with Crippen molar-refractivity contribution in [1.82, 2.24) is 15.1 Å². The highest BCUT2D eigenvalue weighted by Crippen LogP contribution is 2.24. The fraction of sp³-hybridized carbons (Fsp3) is 0.286. The van der Waals surface area contributed by atoms with Gasteiger partial charge in [0.25, 0.3) is 5.91 Å². The molecule has 0 unspecified atom stereocenters. The molecule has 0 aliphatic carbocycles. The SMILES string of the molecule is CNC(=O)c1ccc(Cl)c(NCc2cn(C)nc2C)c1. The highest BCUT2D eigenvalue weighted by atomic mass is 35.5. The largest absolute Gasteiger partial charge is 0.380 e. The Morgan fingerprint density at radius 3 is 2.80 bits per heavy atom. The van der Waals surface area contributed by atoms with Crippen LogP contribution < -0.4 is 10.6 Å². The predicted molar refractivity (Wildman–Crippen MR) is 80.1 cm³/mol. The van der Waals surface area contributed by atoms with E-state index in [9.17, 15) is 4.79 Å². The normalized spacial score (nSPS) is 10.4. The smallest absolute Gasteiger partial charge is 0.251 e. The van der Waals surface area contributed by atoms with Gasteiger partial charge in [0.2, 0.25) is 0 Å². The van der Waals surface area contributed by atoms with E-state index in [0.717, 1.165) is 16.9 Å². The molecule has 0 aliphatic heterocycles. The van der Waals surface area contributed by atoms with Gasteiger partial charge in [0, 0.05) is 38.0 Å². The van der Waals surface area contributed by atoms with Gasteiger partial charge in [0.15, 0.2) is 0 Å². The van der Waals surface area contributed by atoms with Gasteiger partial charge in [-0.1, -0.05) is 11.6 Å². The number of hydrogen-bond donors (Lipinski definition) is 2. The number of amides is 1. The monoisotopic (exact) mass is 292 g/mol. The van der Waals surface area contributed by atoms with Gasteiger partial charge in [0.05, 0.1) is 16.4 Å². The van der Waals surface area contributed by atoms with Gasteiger partial charge in [-0.25, -0.2) is 0 Å². The Morgan fingerprint density at radius 1 is 1.45 bits per heavy atom. The number of halogens is 1. The molecule has 20 heavy (non-hydrogen) atoms. The molecule has 0 aliphatic rings. The number of nitrogens with zero attached hydrogens (tertiary/aromatic N) is 2. The molecule has 0 bridgehead atoms. The van der Waals surface area contributed by atoms with Crippen LogP contribution in [0.5, 0.6) is 0 Å². The van der Waals surface area contributed by atoms with Gasteiger partial charge in [-0.15, -0.1) is 0 Å². The molecule has 0 radical (unpaired) electrons. The molecule has 6 heteroatoms. The molecule has 1 amide bonds. The molecule has 0 saturated heterocycles. The van der Waals surface area contributed by atoms with E-state index < -0.39 is 0 Å². The second-order valence-electron chi connectivity index (χ2n) is 4.54. The number of anilines is 1. The number of carbonyl (C=O) groups excluding carboxylic acids is 1. The molecule has 2 N–H and O–H groups in total. The lowest BCUT2D eigenvalue weighted by Crippen LogP contribution is -2.17. The number of benzene rings is 1. The molecule has 1 heterocycles. The summed E-state index contributed by atoms with van der Waals surface area (Å²) in [5, 5.41) is 10.7. The van der Waals surface area contributed by atoms with E-state index >= 15 is 0 Å². The number of nitrogens with one attached hydrogen (secondary N) is 2. The molecule has 106 valence electrons. The van der Waals surface area contributed by atoms with Crippen LogP contribution in [0.1, 0.15) is 21.6 Å². The van der Waals surface area contributed by atoms with Gasteiger partial charge in [0.1, 0.15) is 0 Å². The summed E-state index contributed by atoms with van der Waals surface area (Å²) in [6.45, 7) is 2.57. The minimum Gasteiger partial charge on any atom is -0.380 e. The van der Waals surface area contributed by atoms with Crippen molar-refractivity contribution in [1.29, 1.82) is 0 Å². The van der Waals surface area contributed by atoms with Crippen molar-refractivity contribution >= 4 is 23.2 Å². The zero-order valence-corrected chi connectivity index (χ0v) is 12.5. The van der Waals surface area contributed by atoms with Crippen molar-refractivity contribution in [2.75, 3.05) is 12.4 Å². The second kappa shape index (κ2) is 5.96. The first-order chi connectivity index (χ1) is 9.51. The van der Waals surface area contributed by atoms with Crippen LogP contribution >= 0.6 is 11.6 Å². The van der Waals surface area contributed by atoms with E-state index in [1.54, 1.807) is 29.9 Å². The fourth-order valence-corrected chi connectivity index (χ4v) is 2.14. The summed E-state index contributed by atoms with van der Waals surface area (Å²) in [6.07, 6.45) is 1.96. The van der Waals surface area contributed by atoms with Crippen LogP contribution in [0.4, 0.5) is 5.69 Å². The summed E-state index contributed by atoms with van der Waals surface area (Å²) in [7, 11) is 3.48. The molecule has 1 aromatic heterocycles. The topological polar surface area (TPSA) is 59.0 Å². The number of aryl methyl sites for hydroxylation is 2. The van der Waals surface area contributed by atoms with Crippen LogP contribution in [0, 0.1) is 6.92 Å². The molecule has 0 saturated carbocycles. The quantitative estimate of drug-likeness (QED) is 0.909. The van der Waals surface area contributed by atoms with Crippen molar-refractivity contribution in [2.45, 2.75) is 13.5 Å². The zero-order valence-electron chi connectivity index (χ0n) is 11.7. The third kappa shape index (κ3) is 3.11. The number of hydrogen-bond acceptors (Lipinski definition) is 3. The van der Waals surface area contributed by atoms with Crippen LogP contribution in [0.3, 0.4) is 0 Å². The van der Waals surface area contributed by atoms with Crippen LogP contribution in [-0.4, -0.2) is 22.7 Å². The summed E-state index contributed by atoms with van der Waals surface area (Å²) in [5.41, 5.74) is 3.37. The van der Waals surface area contributed by atoms with Crippen molar-refractivity contribution in [3.63, 3.8) is 0 Å². The lowest BCUT2D eigenvalue weighted by atomic mass is 10.1. The number of rotatable bonds is 4. The van der Waals surface area contributed by atoms with E-state index in [2.05, 4.69) is 15.7 Å². The summed E-state index contributed by atoms with van der Waals surface area (Å²) >= 11 is 6.14. The average Bonchev–Trinajstić information content (AvgIpc) is 2.75. The maximum Gasteiger partial charge on any atom is 0.251 e. The van der Waals surface area contributed by atoms with Crippen LogP contribution in [0.15, 0.2) is 24.4 Å². The van der Waals surface area contributed by atoms with Crippen molar-refractivity contribution in [2.24, 2.45) is 7.05 Å². The fourth-order valence-electron chi connectivity index (χ4n) is 1.96. The lowest BCUT2D eigenvalue weighted by molar-refractivity contribution is 0.0963. The van der Waals surface area contributed by atoms with E-state index in [0.29, 0.717) is 17.1 Å². The molecule has 5 nitrogen and oxygen atoms in total. The number of carbonyl (C=O) groups is 1. The Balaban J connectivity index is 2.16. The predicted octanol–water partition coefficient (Wildman–Crippen LogP) is 2.35. The Morgan fingerprint density at radius 2 is 2.20 bits per heavy atom. The van der Waals surface area contributed by atoms with E-state index in [-0.39, 0.29) is 5.91 Å². The summed E-state index contributed by atoms with van der Waals surface area (Å²) in [4.78, 5) is 11.6. The molecule has 2 aromatic rings. The maximum atomic E-state index is 11.6. The zero-order chi connectivity index (χ0) is 14.7. The molecular weight excluding hydrogens is 276 g/mol. The first kappa shape index (κ1) is 14.4.